The third kappa shape index (κ3) is 1.99. The van der Waals surface area contributed by atoms with Crippen molar-refractivity contribution in [3.05, 3.63) is 41.5 Å². The van der Waals surface area contributed by atoms with E-state index in [1.165, 1.54) is 16.7 Å². The average Bonchev–Trinajstić information content (AvgIpc) is 2.56. The van der Waals surface area contributed by atoms with E-state index < -0.39 is 7.38 Å². The van der Waals surface area contributed by atoms with Crippen molar-refractivity contribution in [2.24, 2.45) is 5.92 Å². The van der Waals surface area contributed by atoms with Gasteiger partial charge in [0.1, 0.15) is 0 Å². The summed E-state index contributed by atoms with van der Waals surface area (Å²) in [5.74, 6) is 0.583. The van der Waals surface area contributed by atoms with Crippen LogP contribution in [0.4, 0.5) is 0 Å². The number of allylic oxidation sites excluding steroid dienone is 2. The smallest absolute Gasteiger partial charge is 0.161 e. The highest BCUT2D eigenvalue weighted by molar-refractivity contribution is 7.20. The van der Waals surface area contributed by atoms with Gasteiger partial charge in [0.15, 0.2) is 7.38 Å². The Hall–Kier alpha value is -0.533. The monoisotopic (exact) mass is 250 g/mol. The van der Waals surface area contributed by atoms with Gasteiger partial charge in [0.2, 0.25) is 0 Å². The summed E-state index contributed by atoms with van der Waals surface area (Å²) >= 11 is 6.63. The molecule has 0 N–H and O–H groups in total. The van der Waals surface area contributed by atoms with E-state index in [4.69, 9.17) is 11.1 Å². The summed E-state index contributed by atoms with van der Waals surface area (Å²) in [7, 11) is -1.67. The van der Waals surface area contributed by atoms with Gasteiger partial charge in [0.25, 0.3) is 0 Å². The van der Waals surface area contributed by atoms with Crippen LogP contribution in [0.1, 0.15) is 30.5 Å². The van der Waals surface area contributed by atoms with Gasteiger partial charge in [0.05, 0.1) is 0 Å². The van der Waals surface area contributed by atoms with Crippen LogP contribution >= 0.6 is 11.1 Å². The molecule has 1 atom stereocenters. The number of hydrogen-bond acceptors (Lipinski definition) is 0. The summed E-state index contributed by atoms with van der Waals surface area (Å²) in [5.41, 5.74) is 4.81. The number of hydrogen-bond donors (Lipinski definition) is 0. The molecule has 2 rings (SSSR count). The lowest BCUT2D eigenvalue weighted by Gasteiger charge is -2.21. The van der Waals surface area contributed by atoms with Gasteiger partial charge in [-0.1, -0.05) is 57.3 Å². The standard InChI is InChI=1S/C14H19ClSi/c1-10(2)13-9-14(16(3,4)15)12-8-6-5-7-11(12)13/h5-10,14H,1-4H3. The molecule has 1 aromatic carbocycles. The van der Waals surface area contributed by atoms with E-state index in [0.29, 0.717) is 11.5 Å². The van der Waals surface area contributed by atoms with Crippen LogP contribution in [-0.2, 0) is 0 Å². The SMILES string of the molecule is CC(C)C1=CC([Si](C)(C)Cl)c2ccccc21. The fraction of sp³-hybridized carbons (Fsp3) is 0.429. The first-order valence-corrected chi connectivity index (χ1v) is 10.00. The van der Waals surface area contributed by atoms with Crippen molar-refractivity contribution in [1.29, 1.82) is 0 Å². The topological polar surface area (TPSA) is 0 Å². The maximum Gasteiger partial charge on any atom is 0.161 e. The Balaban J connectivity index is 2.53. The van der Waals surface area contributed by atoms with Crippen molar-refractivity contribution < 1.29 is 0 Å². The Morgan fingerprint density at radius 3 is 2.38 bits per heavy atom. The highest BCUT2D eigenvalue weighted by Gasteiger charge is 2.36. The molecule has 0 heterocycles. The highest BCUT2D eigenvalue weighted by atomic mass is 35.6. The third-order valence-electron chi connectivity index (χ3n) is 3.31. The quantitative estimate of drug-likeness (QED) is 0.522. The lowest BCUT2D eigenvalue weighted by Crippen LogP contribution is -2.25. The fourth-order valence-corrected chi connectivity index (χ4v) is 4.57. The molecule has 0 spiro atoms. The van der Waals surface area contributed by atoms with Crippen LogP contribution < -0.4 is 0 Å². The molecule has 1 unspecified atom stereocenters. The summed E-state index contributed by atoms with van der Waals surface area (Å²) in [6, 6.07) is 8.72. The van der Waals surface area contributed by atoms with Crippen LogP contribution in [-0.4, -0.2) is 7.38 Å². The lowest BCUT2D eigenvalue weighted by molar-refractivity contribution is 0.857. The van der Waals surface area contributed by atoms with E-state index in [9.17, 15) is 0 Å². The molecule has 0 amide bonds. The van der Waals surface area contributed by atoms with Crippen LogP contribution in [0.3, 0.4) is 0 Å². The van der Waals surface area contributed by atoms with Gasteiger partial charge in [-0.2, -0.15) is 11.1 Å². The van der Waals surface area contributed by atoms with Crippen molar-refractivity contribution in [1.82, 2.24) is 0 Å². The van der Waals surface area contributed by atoms with Crippen LogP contribution in [0.5, 0.6) is 0 Å². The number of benzene rings is 1. The molecule has 16 heavy (non-hydrogen) atoms. The Kier molecular flexibility index (Phi) is 3.02. The molecule has 86 valence electrons. The molecule has 0 saturated carbocycles. The molecule has 2 heteroatoms. The molecule has 1 aliphatic carbocycles. The second kappa shape index (κ2) is 4.05. The second-order valence-corrected chi connectivity index (χ2v) is 12.1. The minimum absolute atomic E-state index is 0.475. The zero-order chi connectivity index (χ0) is 11.9. The largest absolute Gasteiger partial charge is 0.167 e. The molecule has 1 aromatic rings. The highest BCUT2D eigenvalue weighted by Crippen LogP contribution is 2.44. The molecule has 0 radical (unpaired) electrons. The van der Waals surface area contributed by atoms with Gasteiger partial charge in [-0.3, -0.25) is 0 Å². The second-order valence-electron chi connectivity index (χ2n) is 5.41. The third-order valence-corrected chi connectivity index (χ3v) is 5.98. The van der Waals surface area contributed by atoms with Gasteiger partial charge >= 0.3 is 0 Å². The van der Waals surface area contributed by atoms with Crippen molar-refractivity contribution >= 4 is 24.0 Å². The van der Waals surface area contributed by atoms with Crippen molar-refractivity contribution in [2.45, 2.75) is 32.5 Å². The van der Waals surface area contributed by atoms with Gasteiger partial charge in [-0.25, -0.2) is 0 Å². The van der Waals surface area contributed by atoms with E-state index in [0.717, 1.165) is 0 Å². The molecule has 0 saturated heterocycles. The Morgan fingerprint density at radius 1 is 1.19 bits per heavy atom. The minimum Gasteiger partial charge on any atom is -0.167 e. The molecule has 0 aromatic heterocycles. The maximum atomic E-state index is 6.63. The van der Waals surface area contributed by atoms with E-state index >= 15 is 0 Å². The van der Waals surface area contributed by atoms with Crippen LogP contribution in [0.15, 0.2) is 30.3 Å². The summed E-state index contributed by atoms with van der Waals surface area (Å²) < 4.78 is 0. The minimum atomic E-state index is -1.67. The Morgan fingerprint density at radius 2 is 1.81 bits per heavy atom. The Bertz CT molecular complexity index is 427. The molecule has 0 aliphatic heterocycles. The molecular weight excluding hydrogens is 232 g/mol. The van der Waals surface area contributed by atoms with Gasteiger partial charge in [-0.15, -0.1) is 0 Å². The zero-order valence-electron chi connectivity index (χ0n) is 10.4. The van der Waals surface area contributed by atoms with Gasteiger partial charge < -0.3 is 0 Å². The lowest BCUT2D eigenvalue weighted by atomic mass is 9.97. The van der Waals surface area contributed by atoms with Crippen molar-refractivity contribution in [3.63, 3.8) is 0 Å². The van der Waals surface area contributed by atoms with E-state index in [2.05, 4.69) is 57.3 Å². The van der Waals surface area contributed by atoms with Crippen molar-refractivity contribution in [2.75, 3.05) is 0 Å². The Labute approximate surface area is 104 Å². The maximum absolute atomic E-state index is 6.63. The normalized spacial score (nSPS) is 19.9. The summed E-state index contributed by atoms with van der Waals surface area (Å²) in [5, 5.41) is 0. The molecule has 1 aliphatic rings. The number of rotatable bonds is 2. The fourth-order valence-electron chi connectivity index (χ4n) is 2.46. The summed E-state index contributed by atoms with van der Waals surface area (Å²) in [6.07, 6.45) is 2.41. The van der Waals surface area contributed by atoms with E-state index in [1.54, 1.807) is 0 Å². The number of fused-ring (bicyclic) bond motifs is 1. The summed E-state index contributed by atoms with van der Waals surface area (Å²) in [4.78, 5) is 0. The molecular formula is C14H19ClSi. The van der Waals surface area contributed by atoms with Crippen molar-refractivity contribution in [3.8, 4) is 0 Å². The van der Waals surface area contributed by atoms with E-state index in [1.807, 2.05) is 0 Å². The predicted octanol–water partition coefficient (Wildman–Crippen LogP) is 4.81. The first-order valence-electron chi connectivity index (χ1n) is 5.91. The van der Waals surface area contributed by atoms with E-state index in [-0.39, 0.29) is 0 Å². The zero-order valence-corrected chi connectivity index (χ0v) is 12.2. The first kappa shape index (κ1) is 11.9. The molecule has 0 nitrogen and oxygen atoms in total. The van der Waals surface area contributed by atoms with Gasteiger partial charge in [0, 0.05) is 5.54 Å². The number of halogens is 1. The van der Waals surface area contributed by atoms with Crippen LogP contribution in [0, 0.1) is 5.92 Å². The van der Waals surface area contributed by atoms with Crippen LogP contribution in [0.2, 0.25) is 13.1 Å². The van der Waals surface area contributed by atoms with Gasteiger partial charge in [-0.05, 0) is 22.6 Å². The molecule has 0 fully saturated rings. The van der Waals surface area contributed by atoms with Crippen LogP contribution in [0.25, 0.3) is 5.57 Å². The first-order chi connectivity index (χ1) is 7.41. The molecule has 0 bridgehead atoms. The summed E-state index contributed by atoms with van der Waals surface area (Å²) in [6.45, 7) is 8.98. The predicted molar refractivity (Wildman–Crippen MR) is 75.3 cm³/mol. The average molecular weight is 251 g/mol.